The standard InChI is InChI=1S/C19H21NO2/c1-4-22-19(21)20-10-9-18-16(12-20)11-15-6-5-14(13(2)3)7-8-17(15)18/h5-11,13H,4,12H2,1-3H3. The van der Waals surface area contributed by atoms with Gasteiger partial charge >= 0.3 is 6.09 Å². The van der Waals surface area contributed by atoms with E-state index in [9.17, 15) is 4.79 Å². The van der Waals surface area contributed by atoms with Crippen LogP contribution in [0.4, 0.5) is 4.79 Å². The number of fused-ring (bicyclic) bond motifs is 3. The van der Waals surface area contributed by atoms with Gasteiger partial charge in [-0.05, 0) is 52.8 Å². The van der Waals surface area contributed by atoms with E-state index < -0.39 is 0 Å². The molecule has 1 amide bonds. The molecule has 0 atom stereocenters. The topological polar surface area (TPSA) is 29.5 Å². The predicted octanol–water partition coefficient (Wildman–Crippen LogP) is 4.86. The van der Waals surface area contributed by atoms with Crippen LogP contribution in [0.1, 0.15) is 43.4 Å². The van der Waals surface area contributed by atoms with Crippen LogP contribution in [0.3, 0.4) is 0 Å². The quantitative estimate of drug-likeness (QED) is 0.792. The zero-order valence-corrected chi connectivity index (χ0v) is 13.3. The van der Waals surface area contributed by atoms with Crippen molar-refractivity contribution in [1.82, 2.24) is 4.90 Å². The molecule has 1 aliphatic heterocycles. The van der Waals surface area contributed by atoms with Crippen LogP contribution in [0.5, 0.6) is 0 Å². The van der Waals surface area contributed by atoms with Crippen LogP contribution < -0.4 is 0 Å². The first-order valence-electron chi connectivity index (χ1n) is 7.77. The van der Waals surface area contributed by atoms with Crippen molar-refractivity contribution in [3.63, 3.8) is 0 Å². The molecule has 2 aliphatic carbocycles. The second kappa shape index (κ2) is 5.84. The van der Waals surface area contributed by atoms with Crippen molar-refractivity contribution in [2.75, 3.05) is 6.61 Å². The fourth-order valence-corrected chi connectivity index (χ4v) is 2.86. The van der Waals surface area contributed by atoms with Gasteiger partial charge in [-0.3, -0.25) is 4.90 Å². The molecule has 0 bridgehead atoms. The zero-order chi connectivity index (χ0) is 15.7. The van der Waals surface area contributed by atoms with Crippen LogP contribution in [-0.4, -0.2) is 17.6 Å². The lowest BCUT2D eigenvalue weighted by molar-refractivity contribution is 0.120. The monoisotopic (exact) mass is 295 g/mol. The molecule has 22 heavy (non-hydrogen) atoms. The number of amides is 1. The maximum atomic E-state index is 11.8. The summed E-state index contributed by atoms with van der Waals surface area (Å²) in [5, 5.41) is 0. The molecule has 0 saturated heterocycles. The third-order valence-corrected chi connectivity index (χ3v) is 4.11. The van der Waals surface area contributed by atoms with E-state index in [2.05, 4.69) is 44.2 Å². The van der Waals surface area contributed by atoms with Crippen molar-refractivity contribution in [3.8, 4) is 11.1 Å². The third kappa shape index (κ3) is 2.59. The van der Waals surface area contributed by atoms with E-state index >= 15 is 0 Å². The highest BCUT2D eigenvalue weighted by molar-refractivity contribution is 5.84. The maximum absolute atomic E-state index is 11.8. The SMILES string of the molecule is CCOC(=O)N1C=Cc2c(cc3ccc(C(C)C)ccc2-3)C1. The molecule has 0 spiro atoms. The fraction of sp³-hybridized carbons (Fsp3) is 0.316. The van der Waals surface area contributed by atoms with Gasteiger partial charge in [0, 0.05) is 6.20 Å². The van der Waals surface area contributed by atoms with E-state index in [0.29, 0.717) is 19.1 Å². The van der Waals surface area contributed by atoms with Gasteiger partial charge in [0.1, 0.15) is 0 Å². The first-order valence-corrected chi connectivity index (χ1v) is 7.77. The van der Waals surface area contributed by atoms with Crippen LogP contribution >= 0.6 is 0 Å². The third-order valence-electron chi connectivity index (χ3n) is 4.11. The number of carbonyl (C=O) groups is 1. The zero-order valence-electron chi connectivity index (χ0n) is 13.3. The highest BCUT2D eigenvalue weighted by atomic mass is 16.6. The van der Waals surface area contributed by atoms with Crippen molar-refractivity contribution < 1.29 is 9.53 Å². The summed E-state index contributed by atoms with van der Waals surface area (Å²) in [5.41, 5.74) is 6.16. The molecule has 3 heteroatoms. The Morgan fingerprint density at radius 3 is 2.77 bits per heavy atom. The molecule has 3 nitrogen and oxygen atoms in total. The summed E-state index contributed by atoms with van der Waals surface area (Å²) in [6, 6.07) is 10.9. The Morgan fingerprint density at radius 2 is 2.05 bits per heavy atom. The lowest BCUT2D eigenvalue weighted by Gasteiger charge is -2.21. The Morgan fingerprint density at radius 1 is 1.27 bits per heavy atom. The molecular weight excluding hydrogens is 274 g/mol. The molecule has 0 aromatic heterocycles. The predicted molar refractivity (Wildman–Crippen MR) is 88.8 cm³/mol. The smallest absolute Gasteiger partial charge is 0.414 e. The van der Waals surface area contributed by atoms with E-state index in [1.165, 1.54) is 27.8 Å². The molecule has 3 aliphatic rings. The minimum Gasteiger partial charge on any atom is -0.449 e. The molecule has 0 saturated carbocycles. The molecule has 0 aromatic rings. The van der Waals surface area contributed by atoms with Crippen molar-refractivity contribution in [1.29, 1.82) is 0 Å². The van der Waals surface area contributed by atoms with Crippen LogP contribution in [0.25, 0.3) is 17.2 Å². The fourth-order valence-electron chi connectivity index (χ4n) is 2.86. The minimum absolute atomic E-state index is 0.290. The van der Waals surface area contributed by atoms with E-state index in [-0.39, 0.29) is 6.09 Å². The number of carbonyl (C=O) groups excluding carboxylic acids is 1. The Bertz CT molecular complexity index is 703. The molecule has 0 aromatic carbocycles. The van der Waals surface area contributed by atoms with E-state index in [1.807, 2.05) is 19.2 Å². The van der Waals surface area contributed by atoms with Crippen molar-refractivity contribution in [3.05, 3.63) is 53.2 Å². The summed E-state index contributed by atoms with van der Waals surface area (Å²) in [6.07, 6.45) is 3.53. The number of hydrogen-bond acceptors (Lipinski definition) is 2. The van der Waals surface area contributed by atoms with Crippen molar-refractivity contribution in [2.45, 2.75) is 33.2 Å². The van der Waals surface area contributed by atoms with Gasteiger partial charge in [-0.25, -0.2) is 4.79 Å². The number of hydrogen-bond donors (Lipinski definition) is 0. The summed E-state index contributed by atoms with van der Waals surface area (Å²) in [4.78, 5) is 13.5. The van der Waals surface area contributed by atoms with Crippen LogP contribution in [0, 0.1) is 0 Å². The van der Waals surface area contributed by atoms with Gasteiger partial charge in [-0.1, -0.05) is 38.1 Å². The normalized spacial score (nSPS) is 13.5. The minimum atomic E-state index is -0.290. The summed E-state index contributed by atoms with van der Waals surface area (Å²) < 4.78 is 5.06. The van der Waals surface area contributed by atoms with Gasteiger partial charge in [0.05, 0.1) is 13.2 Å². The highest BCUT2D eigenvalue weighted by Crippen LogP contribution is 2.36. The molecule has 114 valence electrons. The van der Waals surface area contributed by atoms with Crippen LogP contribution in [0.2, 0.25) is 0 Å². The molecular formula is C19H21NO2. The molecule has 0 fully saturated rings. The Labute approximate surface area is 131 Å². The van der Waals surface area contributed by atoms with Gasteiger partial charge in [0.15, 0.2) is 0 Å². The van der Waals surface area contributed by atoms with E-state index in [4.69, 9.17) is 4.74 Å². The Hall–Kier alpha value is -2.29. The molecule has 0 N–H and O–H groups in total. The molecule has 0 radical (unpaired) electrons. The van der Waals surface area contributed by atoms with Gasteiger partial charge in [-0.2, -0.15) is 0 Å². The number of nitrogens with zero attached hydrogens (tertiary/aromatic N) is 1. The second-order valence-corrected chi connectivity index (χ2v) is 5.92. The van der Waals surface area contributed by atoms with E-state index in [0.717, 1.165) is 0 Å². The molecule has 1 heterocycles. The lowest BCUT2D eigenvalue weighted by Crippen LogP contribution is -2.27. The van der Waals surface area contributed by atoms with Crippen molar-refractivity contribution in [2.24, 2.45) is 0 Å². The maximum Gasteiger partial charge on any atom is 0.414 e. The Kier molecular flexibility index (Phi) is 3.88. The summed E-state index contributed by atoms with van der Waals surface area (Å²) >= 11 is 0. The summed E-state index contributed by atoms with van der Waals surface area (Å²) in [6.45, 7) is 7.19. The lowest BCUT2D eigenvalue weighted by atomic mass is 10.0. The summed E-state index contributed by atoms with van der Waals surface area (Å²) in [5.74, 6) is 0.516. The van der Waals surface area contributed by atoms with Crippen molar-refractivity contribution >= 4 is 12.2 Å². The van der Waals surface area contributed by atoms with Crippen LogP contribution in [-0.2, 0) is 11.3 Å². The van der Waals surface area contributed by atoms with Crippen LogP contribution in [0.15, 0.2) is 36.5 Å². The van der Waals surface area contributed by atoms with Gasteiger partial charge in [0.2, 0.25) is 0 Å². The second-order valence-electron chi connectivity index (χ2n) is 5.92. The molecule has 3 rings (SSSR count). The summed E-state index contributed by atoms with van der Waals surface area (Å²) in [7, 11) is 0. The number of rotatable bonds is 2. The number of ether oxygens (including phenoxy) is 1. The first kappa shape index (κ1) is 14.6. The Balaban J connectivity index is 1.97. The largest absolute Gasteiger partial charge is 0.449 e. The van der Waals surface area contributed by atoms with E-state index in [1.54, 1.807) is 4.90 Å². The highest BCUT2D eigenvalue weighted by Gasteiger charge is 2.22. The first-order chi connectivity index (χ1) is 10.6. The molecule has 0 unspecified atom stereocenters. The van der Waals surface area contributed by atoms with Gasteiger partial charge in [0.25, 0.3) is 0 Å². The average molecular weight is 295 g/mol. The van der Waals surface area contributed by atoms with Gasteiger partial charge < -0.3 is 4.74 Å². The van der Waals surface area contributed by atoms with Gasteiger partial charge in [-0.15, -0.1) is 0 Å². The average Bonchev–Trinajstić information content (AvgIpc) is 2.70.